The third-order valence-corrected chi connectivity index (χ3v) is 3.54. The summed E-state index contributed by atoms with van der Waals surface area (Å²) in [5.74, 6) is -0.819. The van der Waals surface area contributed by atoms with Crippen LogP contribution in [-0.2, 0) is 16.1 Å². The molecule has 2 aliphatic rings. The number of carbonyl (C=O) groups is 3. The molecule has 1 atom stereocenters. The Balaban J connectivity index is 1.88. The van der Waals surface area contributed by atoms with E-state index >= 15 is 0 Å². The summed E-state index contributed by atoms with van der Waals surface area (Å²) in [5.41, 5.74) is 2.22. The summed E-state index contributed by atoms with van der Waals surface area (Å²) in [6.45, 7) is 2.20. The second kappa shape index (κ2) is 4.15. The van der Waals surface area contributed by atoms with Gasteiger partial charge < -0.3 is 4.90 Å². The van der Waals surface area contributed by atoms with E-state index in [9.17, 15) is 14.4 Å². The highest BCUT2D eigenvalue weighted by Crippen LogP contribution is 2.27. The number of rotatable bonds is 1. The topological polar surface area (TPSA) is 79.4 Å². The number of hydrogen-bond donors (Lipinski definition) is 1. The molecular weight excluding hydrogens is 246 g/mol. The quantitative estimate of drug-likeness (QED) is 0.728. The fourth-order valence-corrected chi connectivity index (χ4v) is 2.55. The molecule has 0 bridgehead atoms. The molecule has 0 radical (unpaired) electrons. The van der Waals surface area contributed by atoms with Gasteiger partial charge in [-0.15, -0.1) is 0 Å². The molecule has 0 spiro atoms. The third-order valence-electron chi connectivity index (χ3n) is 3.54. The Labute approximate surface area is 109 Å². The predicted octanol–water partition coefficient (Wildman–Crippen LogP) is 0.151. The highest BCUT2D eigenvalue weighted by molar-refractivity contribution is 6.05. The zero-order chi connectivity index (χ0) is 13.6. The van der Waals surface area contributed by atoms with E-state index in [0.717, 1.165) is 11.3 Å². The lowest BCUT2D eigenvalue weighted by Crippen LogP contribution is -2.52. The Kier molecular flexibility index (Phi) is 2.58. The van der Waals surface area contributed by atoms with Gasteiger partial charge in [0.15, 0.2) is 0 Å². The second-order valence-corrected chi connectivity index (χ2v) is 4.88. The van der Waals surface area contributed by atoms with Crippen molar-refractivity contribution >= 4 is 17.7 Å². The van der Waals surface area contributed by atoms with Gasteiger partial charge in [-0.1, -0.05) is 0 Å². The molecule has 98 valence electrons. The van der Waals surface area contributed by atoms with Crippen LogP contribution >= 0.6 is 0 Å². The number of fused-ring (bicyclic) bond motifs is 1. The minimum atomic E-state index is -0.557. The van der Waals surface area contributed by atoms with Crippen LogP contribution in [0.15, 0.2) is 12.3 Å². The fourth-order valence-electron chi connectivity index (χ4n) is 2.55. The van der Waals surface area contributed by atoms with Crippen LogP contribution in [0, 0.1) is 6.92 Å². The molecule has 3 amide bonds. The van der Waals surface area contributed by atoms with Crippen LogP contribution in [0.25, 0.3) is 0 Å². The van der Waals surface area contributed by atoms with E-state index in [4.69, 9.17) is 0 Å². The SMILES string of the molecule is Cc1cc2c(cn1)CN(C1CCC(=O)NC1=O)C2=O. The zero-order valence-corrected chi connectivity index (χ0v) is 10.5. The minimum Gasteiger partial charge on any atom is -0.322 e. The van der Waals surface area contributed by atoms with Crippen molar-refractivity contribution in [3.63, 3.8) is 0 Å². The van der Waals surface area contributed by atoms with Crippen molar-refractivity contribution in [3.8, 4) is 0 Å². The lowest BCUT2D eigenvalue weighted by molar-refractivity contribution is -0.136. The molecule has 6 nitrogen and oxygen atoms in total. The largest absolute Gasteiger partial charge is 0.322 e. The molecule has 6 heteroatoms. The molecule has 1 saturated heterocycles. The maximum atomic E-state index is 12.3. The van der Waals surface area contributed by atoms with Gasteiger partial charge in [0.05, 0.1) is 0 Å². The summed E-state index contributed by atoms with van der Waals surface area (Å²) in [4.78, 5) is 40.9. The van der Waals surface area contributed by atoms with Gasteiger partial charge in [0.25, 0.3) is 5.91 Å². The second-order valence-electron chi connectivity index (χ2n) is 4.88. The zero-order valence-electron chi connectivity index (χ0n) is 10.5. The van der Waals surface area contributed by atoms with Crippen molar-refractivity contribution in [1.82, 2.24) is 15.2 Å². The minimum absolute atomic E-state index is 0.157. The predicted molar refractivity (Wildman–Crippen MR) is 65.0 cm³/mol. The van der Waals surface area contributed by atoms with E-state index in [1.165, 1.54) is 4.90 Å². The maximum Gasteiger partial charge on any atom is 0.255 e. The Morgan fingerprint density at radius 3 is 2.89 bits per heavy atom. The van der Waals surface area contributed by atoms with Gasteiger partial charge in [-0.3, -0.25) is 24.7 Å². The number of imide groups is 1. The van der Waals surface area contributed by atoms with Crippen LogP contribution in [0.1, 0.15) is 34.5 Å². The van der Waals surface area contributed by atoms with Gasteiger partial charge >= 0.3 is 0 Å². The molecule has 1 unspecified atom stereocenters. The first-order chi connectivity index (χ1) is 9.06. The van der Waals surface area contributed by atoms with Crippen molar-refractivity contribution < 1.29 is 14.4 Å². The van der Waals surface area contributed by atoms with Gasteiger partial charge in [0.2, 0.25) is 11.8 Å². The van der Waals surface area contributed by atoms with Crippen molar-refractivity contribution in [2.24, 2.45) is 0 Å². The molecule has 1 aromatic rings. The number of piperidine rings is 1. The molecule has 0 aliphatic carbocycles. The summed E-state index contributed by atoms with van der Waals surface area (Å²) < 4.78 is 0. The van der Waals surface area contributed by atoms with Crippen molar-refractivity contribution in [3.05, 3.63) is 29.1 Å². The number of nitrogens with one attached hydrogen (secondary N) is 1. The van der Waals surface area contributed by atoms with E-state index in [-0.39, 0.29) is 24.1 Å². The first-order valence-electron chi connectivity index (χ1n) is 6.16. The number of aromatic nitrogens is 1. The molecule has 1 N–H and O–H groups in total. The van der Waals surface area contributed by atoms with Crippen LogP contribution in [0.5, 0.6) is 0 Å². The van der Waals surface area contributed by atoms with Gasteiger partial charge in [0, 0.05) is 36.0 Å². The number of pyridine rings is 1. The fraction of sp³-hybridized carbons (Fsp3) is 0.385. The van der Waals surface area contributed by atoms with Crippen molar-refractivity contribution in [2.75, 3.05) is 0 Å². The summed E-state index contributed by atoms with van der Waals surface area (Å²) in [6.07, 6.45) is 2.33. The summed E-state index contributed by atoms with van der Waals surface area (Å²) in [6, 6.07) is 1.18. The molecule has 19 heavy (non-hydrogen) atoms. The third kappa shape index (κ3) is 1.89. The molecule has 3 heterocycles. The van der Waals surface area contributed by atoms with Gasteiger partial charge in [-0.2, -0.15) is 0 Å². The Bertz CT molecular complexity index is 597. The van der Waals surface area contributed by atoms with Gasteiger partial charge in [0.1, 0.15) is 6.04 Å². The molecule has 0 aromatic carbocycles. The van der Waals surface area contributed by atoms with Gasteiger partial charge in [-0.25, -0.2) is 0 Å². The molecule has 2 aliphatic heterocycles. The average Bonchev–Trinajstić information content (AvgIpc) is 2.67. The molecule has 1 aromatic heterocycles. The first-order valence-corrected chi connectivity index (χ1v) is 6.16. The van der Waals surface area contributed by atoms with Crippen LogP contribution in [0.4, 0.5) is 0 Å². The highest BCUT2D eigenvalue weighted by atomic mass is 16.2. The molecule has 3 rings (SSSR count). The smallest absolute Gasteiger partial charge is 0.255 e. The monoisotopic (exact) mass is 259 g/mol. The average molecular weight is 259 g/mol. The van der Waals surface area contributed by atoms with Crippen LogP contribution < -0.4 is 5.32 Å². The Hall–Kier alpha value is -2.24. The van der Waals surface area contributed by atoms with Crippen LogP contribution in [0.2, 0.25) is 0 Å². The normalized spacial score (nSPS) is 22.5. The summed E-state index contributed by atoms with van der Waals surface area (Å²) in [5, 5.41) is 2.28. The number of aryl methyl sites for hydroxylation is 1. The number of hydrogen-bond acceptors (Lipinski definition) is 4. The molecule has 0 saturated carbocycles. The lowest BCUT2D eigenvalue weighted by Gasteiger charge is -2.29. The Morgan fingerprint density at radius 1 is 1.37 bits per heavy atom. The maximum absolute atomic E-state index is 12.3. The number of carbonyl (C=O) groups excluding carboxylic acids is 3. The lowest BCUT2D eigenvalue weighted by atomic mass is 10.0. The van der Waals surface area contributed by atoms with E-state index in [0.29, 0.717) is 18.5 Å². The van der Waals surface area contributed by atoms with Crippen LogP contribution in [-0.4, -0.2) is 33.6 Å². The van der Waals surface area contributed by atoms with Crippen LogP contribution in [0.3, 0.4) is 0 Å². The highest BCUT2D eigenvalue weighted by Gasteiger charge is 2.39. The molecule has 1 fully saturated rings. The van der Waals surface area contributed by atoms with Gasteiger partial charge in [-0.05, 0) is 19.4 Å². The Morgan fingerprint density at radius 2 is 2.16 bits per heavy atom. The molecular formula is C13H13N3O3. The first kappa shape index (κ1) is 11.8. The number of nitrogens with zero attached hydrogens (tertiary/aromatic N) is 2. The van der Waals surface area contributed by atoms with Crippen molar-refractivity contribution in [2.45, 2.75) is 32.4 Å². The summed E-state index contributed by atoms with van der Waals surface area (Å²) >= 11 is 0. The van der Waals surface area contributed by atoms with Crippen molar-refractivity contribution in [1.29, 1.82) is 0 Å². The standard InChI is InChI=1S/C13H13N3O3/c1-7-4-9-8(5-14-7)6-16(13(9)19)10-2-3-11(17)15-12(10)18/h4-5,10H,2-3,6H2,1H3,(H,15,17,18). The van der Waals surface area contributed by atoms with E-state index in [1.54, 1.807) is 12.3 Å². The van der Waals surface area contributed by atoms with E-state index in [2.05, 4.69) is 10.3 Å². The van der Waals surface area contributed by atoms with E-state index < -0.39 is 6.04 Å². The van der Waals surface area contributed by atoms with E-state index in [1.807, 2.05) is 6.92 Å². The summed E-state index contributed by atoms with van der Waals surface area (Å²) in [7, 11) is 0. The number of amides is 3.